The summed E-state index contributed by atoms with van der Waals surface area (Å²) in [6, 6.07) is 3.84. The molecule has 3 rings (SSSR count). The van der Waals surface area contributed by atoms with Gasteiger partial charge in [-0.3, -0.25) is 9.89 Å². The van der Waals surface area contributed by atoms with E-state index in [1.54, 1.807) is 11.3 Å². The van der Waals surface area contributed by atoms with Crippen LogP contribution in [0.15, 0.2) is 28.7 Å². The summed E-state index contributed by atoms with van der Waals surface area (Å²) in [5.74, 6) is 1.55. The highest BCUT2D eigenvalue weighted by molar-refractivity contribution is 14.0. The Hall–Kier alpha value is -0.970. The van der Waals surface area contributed by atoms with Gasteiger partial charge in [-0.15, -0.1) is 35.3 Å². The number of piperidine rings is 1. The van der Waals surface area contributed by atoms with Crippen LogP contribution < -0.4 is 10.6 Å². The predicted molar refractivity (Wildman–Crippen MR) is 137 cm³/mol. The zero-order valence-electron chi connectivity index (χ0n) is 17.7. The Bertz CT molecular complexity index is 774. The normalized spacial score (nSPS) is 15.6. The number of halogens is 2. The number of hydrogen-bond acceptors (Lipinski definition) is 5. The molecule has 0 amide bonds. The second-order valence-corrected chi connectivity index (χ2v) is 8.75. The zero-order chi connectivity index (χ0) is 20.5. The minimum absolute atomic E-state index is 0. The average Bonchev–Trinajstić information content (AvgIpc) is 3.20. The molecule has 166 valence electrons. The third-order valence-electron chi connectivity index (χ3n) is 5.27. The van der Waals surface area contributed by atoms with E-state index in [0.29, 0.717) is 11.1 Å². The van der Waals surface area contributed by atoms with E-state index in [2.05, 4.69) is 37.8 Å². The highest BCUT2D eigenvalue weighted by Gasteiger charge is 2.20. The van der Waals surface area contributed by atoms with E-state index in [-0.39, 0.29) is 24.0 Å². The SMILES string of the molecule is CCc1nc(CN2CCC(CNC(=NC)NCCc3ccc(Cl)nc3)CC2)cs1.I. The van der Waals surface area contributed by atoms with Crippen molar-refractivity contribution in [3.05, 3.63) is 45.1 Å². The van der Waals surface area contributed by atoms with Crippen LogP contribution in [0.25, 0.3) is 0 Å². The first-order valence-electron chi connectivity index (χ1n) is 10.4. The van der Waals surface area contributed by atoms with Crippen LogP contribution in [-0.2, 0) is 19.4 Å². The minimum Gasteiger partial charge on any atom is -0.356 e. The number of aromatic nitrogens is 2. The van der Waals surface area contributed by atoms with Crippen molar-refractivity contribution in [3.63, 3.8) is 0 Å². The number of pyridine rings is 1. The molecule has 0 radical (unpaired) electrons. The topological polar surface area (TPSA) is 65.4 Å². The van der Waals surface area contributed by atoms with Crippen LogP contribution in [0.5, 0.6) is 0 Å². The van der Waals surface area contributed by atoms with Gasteiger partial charge >= 0.3 is 0 Å². The molecule has 9 heteroatoms. The number of rotatable bonds is 8. The van der Waals surface area contributed by atoms with Crippen LogP contribution in [0, 0.1) is 5.92 Å². The molecule has 0 saturated carbocycles. The number of guanidine groups is 1. The first kappa shape index (κ1) is 25.3. The highest BCUT2D eigenvalue weighted by Crippen LogP contribution is 2.19. The fourth-order valence-electron chi connectivity index (χ4n) is 3.50. The van der Waals surface area contributed by atoms with Crippen molar-refractivity contribution in [1.29, 1.82) is 0 Å². The summed E-state index contributed by atoms with van der Waals surface area (Å²) >= 11 is 7.61. The Kier molecular flexibility index (Phi) is 11.3. The molecular formula is C21H32ClIN6S. The summed E-state index contributed by atoms with van der Waals surface area (Å²) in [6.07, 6.45) is 6.17. The summed E-state index contributed by atoms with van der Waals surface area (Å²) in [5.41, 5.74) is 2.39. The van der Waals surface area contributed by atoms with Gasteiger partial charge in [-0.2, -0.15) is 0 Å². The molecule has 3 heterocycles. The Balaban J connectivity index is 0.00000320. The summed E-state index contributed by atoms with van der Waals surface area (Å²) in [4.78, 5) is 15.7. The molecule has 1 aliphatic heterocycles. The molecule has 0 aromatic carbocycles. The van der Waals surface area contributed by atoms with Crippen LogP contribution in [0.4, 0.5) is 0 Å². The molecule has 2 aromatic rings. The van der Waals surface area contributed by atoms with Crippen molar-refractivity contribution < 1.29 is 0 Å². The molecule has 0 aliphatic carbocycles. The van der Waals surface area contributed by atoms with E-state index in [9.17, 15) is 0 Å². The lowest BCUT2D eigenvalue weighted by atomic mass is 9.97. The highest BCUT2D eigenvalue weighted by atomic mass is 127. The largest absolute Gasteiger partial charge is 0.356 e. The predicted octanol–water partition coefficient (Wildman–Crippen LogP) is 3.99. The molecule has 0 unspecified atom stereocenters. The lowest BCUT2D eigenvalue weighted by molar-refractivity contribution is 0.176. The van der Waals surface area contributed by atoms with E-state index in [1.165, 1.54) is 23.5 Å². The molecule has 2 aromatic heterocycles. The van der Waals surface area contributed by atoms with Gasteiger partial charge in [0.15, 0.2) is 5.96 Å². The molecule has 0 bridgehead atoms. The van der Waals surface area contributed by atoms with Crippen molar-refractivity contribution in [1.82, 2.24) is 25.5 Å². The van der Waals surface area contributed by atoms with Gasteiger partial charge in [0.05, 0.1) is 10.7 Å². The number of aliphatic imine (C=N–C) groups is 1. The zero-order valence-corrected chi connectivity index (χ0v) is 21.6. The van der Waals surface area contributed by atoms with E-state index in [1.807, 2.05) is 25.4 Å². The maximum absolute atomic E-state index is 5.83. The monoisotopic (exact) mass is 562 g/mol. The molecule has 6 nitrogen and oxygen atoms in total. The Morgan fingerprint density at radius 1 is 1.30 bits per heavy atom. The molecular weight excluding hydrogens is 531 g/mol. The number of likely N-dealkylation sites (tertiary alicyclic amines) is 1. The molecule has 1 aliphatic rings. The van der Waals surface area contributed by atoms with Crippen molar-refractivity contribution in [2.75, 3.05) is 33.2 Å². The lowest BCUT2D eigenvalue weighted by Gasteiger charge is -2.31. The first-order chi connectivity index (χ1) is 14.2. The van der Waals surface area contributed by atoms with Crippen molar-refractivity contribution in [3.8, 4) is 0 Å². The van der Waals surface area contributed by atoms with Gasteiger partial charge < -0.3 is 10.6 Å². The van der Waals surface area contributed by atoms with Crippen LogP contribution >= 0.6 is 46.9 Å². The van der Waals surface area contributed by atoms with Crippen LogP contribution in [0.2, 0.25) is 5.15 Å². The maximum Gasteiger partial charge on any atom is 0.190 e. The van der Waals surface area contributed by atoms with E-state index >= 15 is 0 Å². The van der Waals surface area contributed by atoms with Gasteiger partial charge in [0, 0.05) is 38.3 Å². The van der Waals surface area contributed by atoms with Gasteiger partial charge in [0.25, 0.3) is 0 Å². The molecule has 1 saturated heterocycles. The van der Waals surface area contributed by atoms with Gasteiger partial charge in [-0.05, 0) is 56.3 Å². The van der Waals surface area contributed by atoms with Gasteiger partial charge in [0.1, 0.15) is 5.15 Å². The summed E-state index contributed by atoms with van der Waals surface area (Å²) in [5, 5.41) is 10.8. The van der Waals surface area contributed by atoms with Crippen LogP contribution in [-0.4, -0.2) is 54.1 Å². The second kappa shape index (κ2) is 13.4. The number of hydrogen-bond donors (Lipinski definition) is 2. The molecule has 0 spiro atoms. The van der Waals surface area contributed by atoms with Crippen molar-refractivity contribution >= 4 is 52.9 Å². The first-order valence-corrected chi connectivity index (χ1v) is 11.6. The van der Waals surface area contributed by atoms with Crippen molar-refractivity contribution in [2.45, 2.75) is 39.2 Å². The van der Waals surface area contributed by atoms with Crippen molar-refractivity contribution in [2.24, 2.45) is 10.9 Å². The number of nitrogens with zero attached hydrogens (tertiary/aromatic N) is 4. The summed E-state index contributed by atoms with van der Waals surface area (Å²) in [6.45, 7) is 7.21. The summed E-state index contributed by atoms with van der Waals surface area (Å²) < 4.78 is 0. The third kappa shape index (κ3) is 8.28. The summed E-state index contributed by atoms with van der Waals surface area (Å²) in [7, 11) is 1.82. The quantitative estimate of drug-likeness (QED) is 0.220. The molecule has 2 N–H and O–H groups in total. The van der Waals surface area contributed by atoms with Crippen LogP contribution in [0.3, 0.4) is 0 Å². The van der Waals surface area contributed by atoms with Gasteiger partial charge in [-0.25, -0.2) is 9.97 Å². The molecule has 1 fully saturated rings. The van der Waals surface area contributed by atoms with Gasteiger partial charge in [0.2, 0.25) is 0 Å². The van der Waals surface area contributed by atoms with E-state index in [4.69, 9.17) is 16.6 Å². The minimum atomic E-state index is 0. The van der Waals surface area contributed by atoms with Crippen LogP contribution in [0.1, 0.15) is 36.0 Å². The number of aryl methyl sites for hydroxylation is 1. The van der Waals surface area contributed by atoms with Gasteiger partial charge in [-0.1, -0.05) is 24.6 Å². The Labute approximate surface area is 206 Å². The third-order valence-corrected chi connectivity index (χ3v) is 6.54. The second-order valence-electron chi connectivity index (χ2n) is 7.42. The van der Waals surface area contributed by atoms with E-state index < -0.39 is 0 Å². The molecule has 0 atom stereocenters. The molecule has 30 heavy (non-hydrogen) atoms. The number of thiazole rings is 1. The Morgan fingerprint density at radius 2 is 2.10 bits per heavy atom. The fourth-order valence-corrected chi connectivity index (χ4v) is 4.35. The maximum atomic E-state index is 5.83. The average molecular weight is 563 g/mol. The fraction of sp³-hybridized carbons (Fsp3) is 0.571. The standard InChI is InChI=1S/C21H31ClN6S.HI/c1-3-20-27-18(15-29-20)14-28-10-7-17(8-11-28)13-26-21(23-2)24-9-6-16-4-5-19(22)25-12-16;/h4-5,12,15,17H,3,6-11,13-14H2,1-2H3,(H2,23,24,26);1H. The number of nitrogens with one attached hydrogen (secondary N) is 2. The Morgan fingerprint density at radius 3 is 2.73 bits per heavy atom. The van der Waals surface area contributed by atoms with E-state index in [0.717, 1.165) is 57.1 Å². The lowest BCUT2D eigenvalue weighted by Crippen LogP contribution is -2.43. The smallest absolute Gasteiger partial charge is 0.190 e.